The third-order valence-corrected chi connectivity index (χ3v) is 6.34. The number of halogens is 1. The third kappa shape index (κ3) is 6.68. The predicted octanol–water partition coefficient (Wildman–Crippen LogP) is 8.78. The second-order valence-electron chi connectivity index (χ2n) is 7.83. The normalized spacial score (nSPS) is 14.7. The number of rotatable bonds is 4. The van der Waals surface area contributed by atoms with Gasteiger partial charge in [0, 0.05) is 5.33 Å². The molecule has 2 aromatic rings. The summed E-state index contributed by atoms with van der Waals surface area (Å²) in [5, 5.41) is 9.96. The maximum absolute atomic E-state index is 9.00. The molecule has 0 heterocycles. The first-order valence-corrected chi connectivity index (χ1v) is 11.5. The highest BCUT2D eigenvalue weighted by atomic mass is 79.9. The fourth-order valence-electron chi connectivity index (χ4n) is 4.18. The van der Waals surface area contributed by atoms with Crippen molar-refractivity contribution < 1.29 is 5.11 Å². The molecule has 0 aliphatic heterocycles. The van der Waals surface area contributed by atoms with Gasteiger partial charge in [-0.25, -0.2) is 0 Å². The Morgan fingerprint density at radius 2 is 1.23 bits per heavy atom. The zero-order valence-corrected chi connectivity index (χ0v) is 18.7. The van der Waals surface area contributed by atoms with E-state index in [9.17, 15) is 0 Å². The van der Waals surface area contributed by atoms with Crippen molar-refractivity contribution in [2.24, 2.45) is 0 Å². The fraction of sp³-hybridized carbons (Fsp3) is 0.429. The highest BCUT2D eigenvalue weighted by Crippen LogP contribution is 2.31. The lowest BCUT2D eigenvalue weighted by Crippen LogP contribution is -1.90. The highest BCUT2D eigenvalue weighted by Gasteiger charge is 2.10. The first-order chi connectivity index (χ1) is 13.6. The largest absolute Gasteiger partial charge is 0.392 e. The molecule has 0 bridgehead atoms. The van der Waals surface area contributed by atoms with Crippen LogP contribution in [-0.4, -0.2) is 5.11 Å². The van der Waals surface area contributed by atoms with Gasteiger partial charge in [0.1, 0.15) is 0 Å². The molecule has 30 heavy (non-hydrogen) atoms. The molecule has 2 aliphatic carbocycles. The van der Waals surface area contributed by atoms with Crippen LogP contribution in [0.25, 0.3) is 11.1 Å². The van der Waals surface area contributed by atoms with E-state index in [1.807, 2.05) is 6.07 Å². The monoisotopic (exact) mass is 470 g/mol. The molecule has 2 aromatic carbocycles. The van der Waals surface area contributed by atoms with Gasteiger partial charge in [0.25, 0.3) is 0 Å². The van der Waals surface area contributed by atoms with E-state index >= 15 is 0 Å². The molecule has 2 heteroatoms. The van der Waals surface area contributed by atoms with Gasteiger partial charge < -0.3 is 5.11 Å². The Kier molecular flexibility index (Phi) is 11.4. The van der Waals surface area contributed by atoms with Crippen LogP contribution in [0.3, 0.4) is 0 Å². The highest BCUT2D eigenvalue weighted by molar-refractivity contribution is 9.08. The molecule has 0 saturated heterocycles. The molecule has 0 spiro atoms. The van der Waals surface area contributed by atoms with E-state index < -0.39 is 0 Å². The third-order valence-electron chi connectivity index (χ3n) is 5.69. The van der Waals surface area contributed by atoms with Crippen molar-refractivity contribution in [3.63, 3.8) is 0 Å². The van der Waals surface area contributed by atoms with E-state index in [-0.39, 0.29) is 21.5 Å². The summed E-state index contributed by atoms with van der Waals surface area (Å²) in [6, 6.07) is 13.0. The lowest BCUT2D eigenvalue weighted by molar-refractivity contribution is 0.282. The number of benzene rings is 2. The Morgan fingerprint density at radius 1 is 0.767 bits per heavy atom. The fourth-order valence-corrected chi connectivity index (χ4v) is 4.53. The molecular formula is C28H39BrO. The number of hydrogen-bond donors (Lipinski definition) is 1. The van der Waals surface area contributed by atoms with E-state index in [1.54, 1.807) is 5.57 Å². The summed E-state index contributed by atoms with van der Waals surface area (Å²) in [6.45, 7) is 4.47. The number of allylic oxidation sites excluding steroid dienone is 4. The molecule has 0 atom stereocenters. The van der Waals surface area contributed by atoms with Crippen LogP contribution in [0.15, 0.2) is 48.6 Å². The van der Waals surface area contributed by atoms with Crippen LogP contribution in [0.4, 0.5) is 0 Å². The zero-order chi connectivity index (χ0) is 19.9. The average Bonchev–Trinajstić information content (AvgIpc) is 3.42. The Bertz CT molecular complexity index is 803. The Morgan fingerprint density at radius 3 is 1.60 bits per heavy atom. The molecule has 4 rings (SSSR count). The minimum Gasteiger partial charge on any atom is -0.392 e. The summed E-state index contributed by atoms with van der Waals surface area (Å²) in [7, 11) is 0. The molecule has 1 nitrogen and oxygen atoms in total. The van der Waals surface area contributed by atoms with Crippen molar-refractivity contribution in [1.82, 2.24) is 0 Å². The van der Waals surface area contributed by atoms with Gasteiger partial charge in [-0.3, -0.25) is 0 Å². The van der Waals surface area contributed by atoms with Gasteiger partial charge in [-0.1, -0.05) is 79.3 Å². The van der Waals surface area contributed by atoms with Crippen LogP contribution < -0.4 is 0 Å². The first kappa shape index (κ1) is 26.4. The van der Waals surface area contributed by atoms with Gasteiger partial charge in [-0.15, -0.1) is 0 Å². The van der Waals surface area contributed by atoms with E-state index in [4.69, 9.17) is 5.11 Å². The van der Waals surface area contributed by atoms with Crippen LogP contribution in [0.5, 0.6) is 0 Å². The molecule has 0 saturated carbocycles. The number of aliphatic hydroxyl groups is 1. The molecule has 0 fully saturated rings. The van der Waals surface area contributed by atoms with Crippen molar-refractivity contribution in [3.05, 3.63) is 81.9 Å². The van der Waals surface area contributed by atoms with Gasteiger partial charge in [-0.05, 0) is 96.9 Å². The Hall–Kier alpha value is -1.64. The maximum atomic E-state index is 9.00. The van der Waals surface area contributed by atoms with Crippen molar-refractivity contribution in [3.8, 4) is 0 Å². The van der Waals surface area contributed by atoms with Crippen LogP contribution >= 0.6 is 15.9 Å². The Balaban J connectivity index is 0.000000281. The summed E-state index contributed by atoms with van der Waals surface area (Å²) in [4.78, 5) is 0. The van der Waals surface area contributed by atoms with Crippen molar-refractivity contribution >= 4 is 27.1 Å². The molecule has 164 valence electrons. The summed E-state index contributed by atoms with van der Waals surface area (Å²) < 4.78 is 0. The minimum absolute atomic E-state index is 0. The van der Waals surface area contributed by atoms with E-state index in [1.165, 1.54) is 71.9 Å². The Labute approximate surface area is 193 Å². The minimum atomic E-state index is 0. The number of alkyl halides is 1. The lowest BCUT2D eigenvalue weighted by atomic mass is 9.98. The van der Waals surface area contributed by atoms with Crippen LogP contribution in [0.2, 0.25) is 0 Å². The summed E-state index contributed by atoms with van der Waals surface area (Å²) >= 11 is 3.49. The summed E-state index contributed by atoms with van der Waals surface area (Å²) in [6.07, 6.45) is 12.3. The topological polar surface area (TPSA) is 20.2 Å². The molecule has 0 unspecified atom stereocenters. The van der Waals surface area contributed by atoms with Crippen LogP contribution in [0, 0.1) is 13.8 Å². The SMILES string of the molecule is C.C.Cc1cc(CBr)ccc1C1=CCCC1.Cc1cc(CO)ccc1C1=CCCC1. The molecule has 2 aliphatic rings. The van der Waals surface area contributed by atoms with Crippen molar-refractivity contribution in [2.45, 2.75) is 79.2 Å². The van der Waals surface area contributed by atoms with E-state index in [0.29, 0.717) is 0 Å². The second-order valence-corrected chi connectivity index (χ2v) is 8.39. The molecule has 0 aromatic heterocycles. The van der Waals surface area contributed by atoms with Gasteiger partial charge in [0.05, 0.1) is 6.61 Å². The summed E-state index contributed by atoms with van der Waals surface area (Å²) in [5.74, 6) is 0. The molecular weight excluding hydrogens is 432 g/mol. The van der Waals surface area contributed by atoms with E-state index in [2.05, 4.69) is 72.3 Å². The van der Waals surface area contributed by atoms with Gasteiger partial charge in [0.15, 0.2) is 0 Å². The molecule has 1 N–H and O–H groups in total. The van der Waals surface area contributed by atoms with Crippen LogP contribution in [-0.2, 0) is 11.9 Å². The quantitative estimate of drug-likeness (QED) is 0.442. The molecule has 0 amide bonds. The van der Waals surface area contributed by atoms with Gasteiger partial charge in [0.2, 0.25) is 0 Å². The lowest BCUT2D eigenvalue weighted by Gasteiger charge is -2.08. The smallest absolute Gasteiger partial charge is 0.0681 e. The maximum Gasteiger partial charge on any atom is 0.0681 e. The van der Waals surface area contributed by atoms with E-state index in [0.717, 1.165) is 10.9 Å². The summed E-state index contributed by atoms with van der Waals surface area (Å²) in [5.41, 5.74) is 10.9. The van der Waals surface area contributed by atoms with Crippen molar-refractivity contribution in [1.29, 1.82) is 0 Å². The predicted molar refractivity (Wildman–Crippen MR) is 138 cm³/mol. The number of aliphatic hydroxyl groups excluding tert-OH is 1. The van der Waals surface area contributed by atoms with Gasteiger partial charge in [-0.2, -0.15) is 0 Å². The average molecular weight is 472 g/mol. The first-order valence-electron chi connectivity index (χ1n) is 10.4. The molecule has 0 radical (unpaired) electrons. The zero-order valence-electron chi connectivity index (χ0n) is 17.1. The number of hydrogen-bond acceptors (Lipinski definition) is 1. The standard InChI is InChI=1S/C13H15Br.C13H16O.2CH4/c2*1-10-8-11(9-14)6-7-13(10)12-4-2-3-5-12;;/h4,6-8H,2-3,5,9H2,1H3;4,6-8,14H,2-3,5,9H2,1H3;2*1H4. The second kappa shape index (κ2) is 12.9. The number of aryl methyl sites for hydroxylation is 2. The van der Waals surface area contributed by atoms with Crippen LogP contribution in [0.1, 0.15) is 86.8 Å². The van der Waals surface area contributed by atoms with Gasteiger partial charge >= 0.3 is 0 Å². The van der Waals surface area contributed by atoms with Crippen molar-refractivity contribution in [2.75, 3.05) is 0 Å².